The van der Waals surface area contributed by atoms with Crippen molar-refractivity contribution in [1.82, 2.24) is 4.98 Å². The smallest absolute Gasteiger partial charge is 0.405 e. The van der Waals surface area contributed by atoms with Crippen LogP contribution in [-0.4, -0.2) is 17.0 Å². The molecule has 0 amide bonds. The van der Waals surface area contributed by atoms with E-state index in [1.807, 2.05) is 7.05 Å². The lowest BCUT2D eigenvalue weighted by atomic mass is 10.0. The molecule has 88 valence electrons. The van der Waals surface area contributed by atoms with Gasteiger partial charge >= 0.3 is 5.88 Å². The highest BCUT2D eigenvalue weighted by molar-refractivity contribution is 7.16. The lowest BCUT2D eigenvalue weighted by molar-refractivity contribution is -0.402. The monoisotopic (exact) mass is 251 g/mol. The number of rotatable bonds is 2. The van der Waals surface area contributed by atoms with E-state index in [1.165, 1.54) is 6.07 Å². The molecule has 0 unspecified atom stereocenters. The summed E-state index contributed by atoms with van der Waals surface area (Å²) in [6, 6.07) is 1.46. The Kier molecular flexibility index (Phi) is 2.15. The largest absolute Gasteiger partial charge is 0.433 e. The normalized spacial score (nSPS) is 13.0. The van der Waals surface area contributed by atoms with Gasteiger partial charge in [-0.25, -0.2) is 4.98 Å². The van der Waals surface area contributed by atoms with Gasteiger partial charge in [0.2, 0.25) is 0 Å². The molecular weight excluding hydrogens is 242 g/mol. The fourth-order valence-corrected chi connectivity index (χ4v) is 2.89. The van der Waals surface area contributed by atoms with Crippen molar-refractivity contribution in [1.29, 1.82) is 0 Å². The average molecular weight is 251 g/mol. The van der Waals surface area contributed by atoms with Crippen LogP contribution in [0.4, 0.5) is 11.0 Å². The molecule has 0 aromatic carbocycles. The molecule has 0 spiro atoms. The number of furan rings is 1. The first-order chi connectivity index (χ1) is 8.19. The summed E-state index contributed by atoms with van der Waals surface area (Å²) in [6.07, 6.45) is 1.52. The Labute approximate surface area is 100 Å². The summed E-state index contributed by atoms with van der Waals surface area (Å²) in [5.41, 5.74) is 1.58. The third kappa shape index (κ3) is 1.50. The van der Waals surface area contributed by atoms with E-state index in [-0.39, 0.29) is 5.88 Å². The summed E-state index contributed by atoms with van der Waals surface area (Å²) in [7, 11) is 1.81. The number of hydrogen-bond acceptors (Lipinski definition) is 6. The second-order valence-corrected chi connectivity index (χ2v) is 4.80. The van der Waals surface area contributed by atoms with E-state index < -0.39 is 4.92 Å². The number of nitrogens with zero attached hydrogens (tertiary/aromatic N) is 2. The molecule has 0 radical (unpaired) electrons. The first kappa shape index (κ1) is 10.3. The van der Waals surface area contributed by atoms with Crippen LogP contribution in [0.1, 0.15) is 10.6 Å². The van der Waals surface area contributed by atoms with Gasteiger partial charge in [-0.3, -0.25) is 10.1 Å². The number of anilines is 1. The third-order valence-corrected chi connectivity index (χ3v) is 3.85. The Hall–Kier alpha value is -1.89. The van der Waals surface area contributed by atoms with Gasteiger partial charge in [-0.15, -0.1) is 11.3 Å². The summed E-state index contributed by atoms with van der Waals surface area (Å²) in [4.78, 5) is 15.7. The number of hydrogen-bond donors (Lipinski definition) is 1. The van der Waals surface area contributed by atoms with Crippen molar-refractivity contribution in [3.05, 3.63) is 26.8 Å². The van der Waals surface area contributed by atoms with Crippen LogP contribution in [0.5, 0.6) is 0 Å². The first-order valence-corrected chi connectivity index (χ1v) is 5.95. The fourth-order valence-electron chi connectivity index (χ4n) is 1.96. The maximum atomic E-state index is 10.7. The molecule has 17 heavy (non-hydrogen) atoms. The number of thiazole rings is 1. The average Bonchev–Trinajstić information content (AvgIpc) is 2.91. The lowest BCUT2D eigenvalue weighted by Gasteiger charge is -2.07. The van der Waals surface area contributed by atoms with Gasteiger partial charge in [-0.05, 0) is 6.42 Å². The Morgan fingerprint density at radius 2 is 2.41 bits per heavy atom. The molecule has 2 heterocycles. The van der Waals surface area contributed by atoms with Crippen LogP contribution in [0.25, 0.3) is 11.3 Å². The predicted molar refractivity (Wildman–Crippen MR) is 63.4 cm³/mol. The zero-order chi connectivity index (χ0) is 12.0. The van der Waals surface area contributed by atoms with E-state index >= 15 is 0 Å². The molecule has 1 aliphatic carbocycles. The van der Waals surface area contributed by atoms with Crippen LogP contribution in [0.15, 0.2) is 10.5 Å². The number of aromatic nitrogens is 1. The van der Waals surface area contributed by atoms with Gasteiger partial charge in [0.25, 0.3) is 0 Å². The van der Waals surface area contributed by atoms with Crippen LogP contribution in [-0.2, 0) is 12.8 Å². The van der Waals surface area contributed by atoms with Crippen molar-refractivity contribution in [2.45, 2.75) is 12.8 Å². The molecule has 7 heteroatoms. The molecule has 1 N–H and O–H groups in total. The van der Waals surface area contributed by atoms with Crippen LogP contribution in [0.2, 0.25) is 0 Å². The van der Waals surface area contributed by atoms with Crippen molar-refractivity contribution in [3.8, 4) is 11.3 Å². The minimum Gasteiger partial charge on any atom is -0.405 e. The fraction of sp³-hybridized carbons (Fsp3) is 0.300. The molecule has 2 aromatic heterocycles. The van der Waals surface area contributed by atoms with Gasteiger partial charge in [-0.2, -0.15) is 0 Å². The number of nitro groups is 1. The highest BCUT2D eigenvalue weighted by atomic mass is 32.1. The zero-order valence-electron chi connectivity index (χ0n) is 9.02. The highest BCUT2D eigenvalue weighted by Gasteiger charge is 2.27. The number of fused-ring (bicyclic) bond motifs is 3. The van der Waals surface area contributed by atoms with E-state index in [0.717, 1.165) is 27.7 Å². The van der Waals surface area contributed by atoms with E-state index in [4.69, 9.17) is 4.42 Å². The Morgan fingerprint density at radius 1 is 1.59 bits per heavy atom. The third-order valence-electron chi connectivity index (χ3n) is 2.72. The summed E-state index contributed by atoms with van der Waals surface area (Å²) in [5, 5.41) is 14.5. The molecule has 6 nitrogen and oxygen atoms in total. The maximum Gasteiger partial charge on any atom is 0.433 e. The van der Waals surface area contributed by atoms with Gasteiger partial charge in [0.15, 0.2) is 5.13 Å². The van der Waals surface area contributed by atoms with Crippen LogP contribution in [0.3, 0.4) is 0 Å². The van der Waals surface area contributed by atoms with E-state index in [1.54, 1.807) is 11.3 Å². The van der Waals surface area contributed by atoms with E-state index in [2.05, 4.69) is 10.3 Å². The second kappa shape index (κ2) is 3.56. The van der Waals surface area contributed by atoms with E-state index in [0.29, 0.717) is 12.2 Å². The minimum atomic E-state index is -0.511. The van der Waals surface area contributed by atoms with Crippen LogP contribution < -0.4 is 5.32 Å². The molecule has 0 atom stereocenters. The van der Waals surface area contributed by atoms with Gasteiger partial charge in [0.1, 0.15) is 10.7 Å². The SMILES string of the molecule is CNc1nc2c(s1)CCc1oc([N+](=O)[O-])cc1-2. The topological polar surface area (TPSA) is 81.2 Å². The van der Waals surface area contributed by atoms with Gasteiger partial charge in [0, 0.05) is 18.3 Å². The molecule has 1 aliphatic rings. The highest BCUT2D eigenvalue weighted by Crippen LogP contribution is 2.40. The summed E-state index contributed by atoms with van der Waals surface area (Å²) in [5.74, 6) is 0.457. The maximum absolute atomic E-state index is 10.7. The molecular formula is C10H9N3O3S. The number of aryl methyl sites for hydroxylation is 2. The van der Waals surface area contributed by atoms with Crippen molar-refractivity contribution in [2.75, 3.05) is 12.4 Å². The Morgan fingerprint density at radius 3 is 3.12 bits per heavy atom. The lowest BCUT2D eigenvalue weighted by Crippen LogP contribution is -1.98. The first-order valence-electron chi connectivity index (χ1n) is 5.14. The molecule has 0 saturated carbocycles. The molecule has 0 saturated heterocycles. The summed E-state index contributed by atoms with van der Waals surface area (Å²) < 4.78 is 5.21. The van der Waals surface area contributed by atoms with Gasteiger partial charge < -0.3 is 9.73 Å². The molecule has 0 bridgehead atoms. The molecule has 3 rings (SSSR count). The van der Waals surface area contributed by atoms with Crippen molar-refractivity contribution < 1.29 is 9.34 Å². The van der Waals surface area contributed by atoms with Crippen molar-refractivity contribution in [2.24, 2.45) is 0 Å². The van der Waals surface area contributed by atoms with Crippen molar-refractivity contribution in [3.63, 3.8) is 0 Å². The second-order valence-electron chi connectivity index (χ2n) is 3.72. The number of nitrogens with one attached hydrogen (secondary N) is 1. The zero-order valence-corrected chi connectivity index (χ0v) is 9.84. The Balaban J connectivity index is 2.14. The van der Waals surface area contributed by atoms with Crippen LogP contribution >= 0.6 is 11.3 Å². The molecule has 0 aliphatic heterocycles. The quantitative estimate of drug-likeness (QED) is 0.655. The van der Waals surface area contributed by atoms with Gasteiger partial charge in [0.05, 0.1) is 17.3 Å². The van der Waals surface area contributed by atoms with Crippen LogP contribution in [0, 0.1) is 10.1 Å². The van der Waals surface area contributed by atoms with Gasteiger partial charge in [-0.1, -0.05) is 0 Å². The van der Waals surface area contributed by atoms with E-state index in [9.17, 15) is 10.1 Å². The standard InChI is InChI=1S/C10H9N3O3S/c1-11-10-12-9-5-4-8(13(14)15)16-6(5)2-3-7(9)17-10/h4H,2-3H2,1H3,(H,11,12). The predicted octanol–water partition coefficient (Wildman–Crippen LogP) is 2.45. The summed E-state index contributed by atoms with van der Waals surface area (Å²) >= 11 is 1.58. The minimum absolute atomic E-state index is 0.207. The van der Waals surface area contributed by atoms with Crippen molar-refractivity contribution >= 4 is 22.4 Å². The molecule has 2 aromatic rings. The summed E-state index contributed by atoms with van der Waals surface area (Å²) in [6.45, 7) is 0. The Bertz CT molecular complexity index is 602. The molecule has 0 fully saturated rings.